The van der Waals surface area contributed by atoms with E-state index in [-0.39, 0.29) is 50.1 Å². The third-order valence-corrected chi connectivity index (χ3v) is 9.55. The fourth-order valence-corrected chi connectivity index (χ4v) is 7.48. The number of thiophene rings is 2. The van der Waals surface area contributed by atoms with Gasteiger partial charge in [0.15, 0.2) is 0 Å². The zero-order valence-corrected chi connectivity index (χ0v) is 23.8. The second-order valence-corrected chi connectivity index (χ2v) is 12.2. The van der Waals surface area contributed by atoms with Gasteiger partial charge in [-0.1, -0.05) is 13.8 Å². The Bertz CT molecular complexity index is 1250. The first-order valence-electron chi connectivity index (χ1n) is 13.0. The first-order chi connectivity index (χ1) is 18.4. The molecule has 39 heavy (non-hydrogen) atoms. The van der Waals surface area contributed by atoms with Gasteiger partial charge >= 0.3 is 18.2 Å². The van der Waals surface area contributed by atoms with Crippen LogP contribution in [0.5, 0.6) is 0 Å². The second-order valence-electron chi connectivity index (χ2n) is 10.0. The third-order valence-electron chi connectivity index (χ3n) is 7.04. The smallest absolute Gasteiger partial charge is 0.425 e. The molecule has 3 amide bonds. The van der Waals surface area contributed by atoms with E-state index in [9.17, 15) is 27.6 Å². The number of rotatable bonds is 7. The SMILES string of the molecule is CCOC(=O)c1c(NC(=O)NCc2c(C(F)(F)F)sc3c2CCN(C(=O)[C@@H](N)C(C)C)C3)sc2c1CCCC2. The molecule has 0 saturated carbocycles. The molecule has 13 heteroatoms. The summed E-state index contributed by atoms with van der Waals surface area (Å²) < 4.78 is 47.1. The Morgan fingerprint density at radius 1 is 1.08 bits per heavy atom. The summed E-state index contributed by atoms with van der Waals surface area (Å²) in [5.41, 5.74) is 7.71. The molecule has 0 fully saturated rings. The van der Waals surface area contributed by atoms with Gasteiger partial charge < -0.3 is 20.7 Å². The van der Waals surface area contributed by atoms with Crippen LogP contribution in [0.4, 0.5) is 23.0 Å². The fraction of sp³-hybridized carbons (Fsp3) is 0.577. The van der Waals surface area contributed by atoms with Gasteiger partial charge in [-0.05, 0) is 61.6 Å². The van der Waals surface area contributed by atoms with Gasteiger partial charge in [0.25, 0.3) is 0 Å². The fourth-order valence-electron chi connectivity index (χ4n) is 4.96. The lowest BCUT2D eigenvalue weighted by molar-refractivity contribution is -0.135. The highest BCUT2D eigenvalue weighted by molar-refractivity contribution is 7.17. The summed E-state index contributed by atoms with van der Waals surface area (Å²) >= 11 is 1.91. The molecular formula is C26H33F3N4O4S2. The van der Waals surface area contributed by atoms with Gasteiger partial charge in [-0.2, -0.15) is 13.2 Å². The number of nitrogens with one attached hydrogen (secondary N) is 2. The van der Waals surface area contributed by atoms with E-state index >= 15 is 0 Å². The maximum atomic E-state index is 14.0. The van der Waals surface area contributed by atoms with Crippen molar-refractivity contribution < 1.29 is 32.3 Å². The van der Waals surface area contributed by atoms with Crippen LogP contribution >= 0.6 is 22.7 Å². The van der Waals surface area contributed by atoms with Gasteiger partial charge in [0.1, 0.15) is 9.88 Å². The molecule has 1 atom stereocenters. The van der Waals surface area contributed by atoms with E-state index in [0.717, 1.165) is 29.7 Å². The third kappa shape index (κ3) is 6.25. The zero-order valence-electron chi connectivity index (χ0n) is 22.1. The molecule has 0 spiro atoms. The van der Waals surface area contributed by atoms with E-state index in [1.54, 1.807) is 6.92 Å². The van der Waals surface area contributed by atoms with E-state index in [2.05, 4.69) is 10.6 Å². The Morgan fingerprint density at radius 3 is 2.46 bits per heavy atom. The van der Waals surface area contributed by atoms with Gasteiger partial charge in [-0.3, -0.25) is 10.1 Å². The maximum Gasteiger partial charge on any atom is 0.425 e. The Hall–Kier alpha value is -2.64. The molecule has 3 heterocycles. The van der Waals surface area contributed by atoms with Crippen molar-refractivity contribution in [3.05, 3.63) is 36.9 Å². The topological polar surface area (TPSA) is 114 Å². The van der Waals surface area contributed by atoms with Gasteiger partial charge in [-0.15, -0.1) is 22.7 Å². The minimum Gasteiger partial charge on any atom is -0.462 e. The van der Waals surface area contributed by atoms with Gasteiger partial charge in [0, 0.05) is 22.8 Å². The first-order valence-corrected chi connectivity index (χ1v) is 14.7. The van der Waals surface area contributed by atoms with E-state index in [0.29, 0.717) is 38.8 Å². The van der Waals surface area contributed by atoms with Gasteiger partial charge in [0.2, 0.25) is 5.91 Å². The number of nitrogens with two attached hydrogens (primary N) is 1. The number of carbonyl (C=O) groups excluding carboxylic acids is 3. The van der Waals surface area contributed by atoms with Crippen molar-refractivity contribution in [3.8, 4) is 0 Å². The number of aryl methyl sites for hydroxylation is 1. The Kier molecular flexibility index (Phi) is 8.91. The molecule has 2 aliphatic rings. The average Bonchev–Trinajstić information content (AvgIpc) is 3.44. The lowest BCUT2D eigenvalue weighted by Gasteiger charge is -2.30. The number of anilines is 1. The van der Waals surface area contributed by atoms with Crippen LogP contribution < -0.4 is 16.4 Å². The van der Waals surface area contributed by atoms with Crippen LogP contribution in [0.1, 0.15) is 75.3 Å². The molecule has 0 aromatic carbocycles. The summed E-state index contributed by atoms with van der Waals surface area (Å²) in [4.78, 5) is 40.4. The second kappa shape index (κ2) is 11.8. The maximum absolute atomic E-state index is 14.0. The number of halogens is 3. The molecule has 0 saturated heterocycles. The molecule has 214 valence electrons. The van der Waals surface area contributed by atoms with Crippen molar-refractivity contribution in [1.82, 2.24) is 10.2 Å². The summed E-state index contributed by atoms with van der Waals surface area (Å²) in [5.74, 6) is -0.896. The molecular weight excluding hydrogens is 553 g/mol. The molecule has 0 radical (unpaired) electrons. The number of urea groups is 1. The normalized spacial score (nSPS) is 15.9. The number of nitrogens with zero attached hydrogens (tertiary/aromatic N) is 1. The van der Waals surface area contributed by atoms with Crippen molar-refractivity contribution in [2.45, 2.75) is 78.2 Å². The number of hydrogen-bond donors (Lipinski definition) is 3. The van der Waals surface area contributed by atoms with E-state index in [4.69, 9.17) is 10.5 Å². The number of ether oxygens (including phenoxy) is 1. The molecule has 0 unspecified atom stereocenters. The molecule has 8 nitrogen and oxygen atoms in total. The highest BCUT2D eigenvalue weighted by Gasteiger charge is 2.40. The predicted molar refractivity (Wildman–Crippen MR) is 144 cm³/mol. The Balaban J connectivity index is 1.52. The van der Waals surface area contributed by atoms with E-state index in [1.165, 1.54) is 16.2 Å². The quantitative estimate of drug-likeness (QED) is 0.392. The van der Waals surface area contributed by atoms with Crippen LogP contribution in [0.25, 0.3) is 0 Å². The highest BCUT2D eigenvalue weighted by atomic mass is 32.1. The summed E-state index contributed by atoms with van der Waals surface area (Å²) in [6, 6.07) is -1.43. The van der Waals surface area contributed by atoms with Crippen LogP contribution in [0.2, 0.25) is 0 Å². The summed E-state index contributed by atoms with van der Waals surface area (Å²) in [5, 5.41) is 5.57. The van der Waals surface area contributed by atoms with E-state index in [1.807, 2.05) is 13.8 Å². The molecule has 0 bridgehead atoms. The number of hydrogen-bond acceptors (Lipinski definition) is 7. The van der Waals surface area contributed by atoms with Crippen molar-refractivity contribution in [2.75, 3.05) is 18.5 Å². The monoisotopic (exact) mass is 586 g/mol. The average molecular weight is 587 g/mol. The summed E-state index contributed by atoms with van der Waals surface area (Å²) in [7, 11) is 0. The number of alkyl halides is 3. The Morgan fingerprint density at radius 2 is 1.79 bits per heavy atom. The van der Waals surface area contributed by atoms with Crippen LogP contribution in [0, 0.1) is 5.92 Å². The number of amides is 3. The number of carbonyl (C=O) groups is 3. The summed E-state index contributed by atoms with van der Waals surface area (Å²) in [6.07, 6.45) is -0.951. The van der Waals surface area contributed by atoms with E-state index < -0.39 is 29.1 Å². The lowest BCUT2D eigenvalue weighted by Crippen LogP contribution is -2.48. The standard InChI is InChI=1S/C26H33F3N4O4S2/c1-4-37-24(35)19-15-7-5-6-8-17(15)39-22(19)32-25(36)31-11-16-14-9-10-33(23(34)20(30)13(2)3)12-18(14)38-21(16)26(27,28)29/h13,20H,4-12,30H2,1-3H3,(H2,31,32,36)/t20-/m0/s1. The predicted octanol–water partition coefficient (Wildman–Crippen LogP) is 5.07. The minimum atomic E-state index is -4.61. The zero-order chi connectivity index (χ0) is 28.5. The van der Waals surface area contributed by atoms with Crippen LogP contribution in [0.3, 0.4) is 0 Å². The number of fused-ring (bicyclic) bond motifs is 2. The Labute approximate surface area is 233 Å². The molecule has 2 aromatic heterocycles. The van der Waals surface area contributed by atoms with Crippen LogP contribution in [-0.4, -0.2) is 42.0 Å². The first kappa shape index (κ1) is 29.3. The van der Waals surface area contributed by atoms with Crippen LogP contribution in [-0.2, 0) is 48.1 Å². The van der Waals surface area contributed by atoms with Gasteiger partial charge in [0.05, 0.1) is 24.8 Å². The van der Waals surface area contributed by atoms with Gasteiger partial charge in [-0.25, -0.2) is 9.59 Å². The largest absolute Gasteiger partial charge is 0.462 e. The summed E-state index contributed by atoms with van der Waals surface area (Å²) in [6.45, 7) is 5.49. The van der Waals surface area contributed by atoms with Crippen LogP contribution in [0.15, 0.2) is 0 Å². The lowest BCUT2D eigenvalue weighted by atomic mass is 9.95. The molecule has 1 aliphatic heterocycles. The highest BCUT2D eigenvalue weighted by Crippen LogP contribution is 2.43. The van der Waals surface area contributed by atoms with Crippen molar-refractivity contribution >= 4 is 45.6 Å². The molecule has 2 aromatic rings. The number of esters is 1. The molecule has 4 rings (SSSR count). The minimum absolute atomic E-state index is 0.00833. The van der Waals surface area contributed by atoms with Crippen molar-refractivity contribution in [1.29, 1.82) is 0 Å². The molecule has 1 aliphatic carbocycles. The molecule has 4 N–H and O–H groups in total. The van der Waals surface area contributed by atoms with Crippen molar-refractivity contribution in [3.63, 3.8) is 0 Å². The van der Waals surface area contributed by atoms with Crippen molar-refractivity contribution in [2.24, 2.45) is 11.7 Å².